The molecule has 1 heterocycles. The standard InChI is InChI=1S/C18H19N3O3S.ClH/c1-25-13-6-7-17(21(23)24)15(10-13)18(22)20-11-16-14-5-3-2-4-12(14)8-9-19-16;/h2-7,10,16,19H,8-9,11H2,1H3,(H,20,22);1H. The molecule has 3 rings (SSSR count). The summed E-state index contributed by atoms with van der Waals surface area (Å²) in [5.74, 6) is -0.424. The average Bonchev–Trinajstić information content (AvgIpc) is 2.65. The first-order valence-corrected chi connectivity index (χ1v) is 9.24. The second-order valence-corrected chi connectivity index (χ2v) is 6.69. The number of thioether (sulfide) groups is 1. The van der Waals surface area contributed by atoms with E-state index < -0.39 is 10.8 Å². The van der Waals surface area contributed by atoms with Gasteiger partial charge >= 0.3 is 0 Å². The summed E-state index contributed by atoms with van der Waals surface area (Å²) < 4.78 is 0. The molecule has 0 radical (unpaired) electrons. The van der Waals surface area contributed by atoms with Gasteiger partial charge in [0.05, 0.1) is 4.92 Å². The van der Waals surface area contributed by atoms with Crippen LogP contribution >= 0.6 is 24.2 Å². The van der Waals surface area contributed by atoms with Gasteiger partial charge in [0.15, 0.2) is 0 Å². The van der Waals surface area contributed by atoms with Gasteiger partial charge in [-0.3, -0.25) is 14.9 Å². The molecule has 0 bridgehead atoms. The Kier molecular flexibility index (Phi) is 7.02. The molecule has 0 saturated carbocycles. The van der Waals surface area contributed by atoms with E-state index in [0.717, 1.165) is 17.9 Å². The maximum absolute atomic E-state index is 12.5. The third kappa shape index (κ3) is 4.35. The number of nitrogens with zero attached hydrogens (tertiary/aromatic N) is 1. The van der Waals surface area contributed by atoms with Gasteiger partial charge in [0.25, 0.3) is 11.6 Å². The molecule has 2 aromatic rings. The fourth-order valence-corrected chi connectivity index (χ4v) is 3.49. The highest BCUT2D eigenvalue weighted by Crippen LogP contribution is 2.25. The van der Waals surface area contributed by atoms with E-state index in [2.05, 4.69) is 22.8 Å². The van der Waals surface area contributed by atoms with Crippen molar-refractivity contribution in [3.63, 3.8) is 0 Å². The van der Waals surface area contributed by atoms with Crippen molar-refractivity contribution in [1.82, 2.24) is 10.6 Å². The molecule has 0 fully saturated rings. The highest BCUT2D eigenvalue weighted by Gasteiger charge is 2.23. The van der Waals surface area contributed by atoms with Gasteiger partial charge in [0.1, 0.15) is 5.56 Å². The summed E-state index contributed by atoms with van der Waals surface area (Å²) in [6.45, 7) is 1.23. The molecule has 1 aliphatic rings. The zero-order valence-corrected chi connectivity index (χ0v) is 15.9. The first kappa shape index (κ1) is 20.2. The Morgan fingerprint density at radius 2 is 2.12 bits per heavy atom. The van der Waals surface area contributed by atoms with Crippen LogP contribution in [0.3, 0.4) is 0 Å². The first-order chi connectivity index (χ1) is 12.1. The van der Waals surface area contributed by atoms with Crippen LogP contribution in [0, 0.1) is 10.1 Å². The van der Waals surface area contributed by atoms with Crippen LogP contribution in [-0.4, -0.2) is 30.2 Å². The smallest absolute Gasteiger partial charge is 0.282 e. The van der Waals surface area contributed by atoms with Gasteiger partial charge in [-0.15, -0.1) is 24.2 Å². The van der Waals surface area contributed by atoms with Crippen molar-refractivity contribution in [1.29, 1.82) is 0 Å². The maximum atomic E-state index is 12.5. The zero-order chi connectivity index (χ0) is 17.8. The third-order valence-electron chi connectivity index (χ3n) is 4.33. The number of nitro benzene ring substituents is 1. The molecule has 1 unspecified atom stereocenters. The Bertz CT molecular complexity index is 816. The van der Waals surface area contributed by atoms with Gasteiger partial charge in [-0.1, -0.05) is 24.3 Å². The van der Waals surface area contributed by atoms with Crippen LogP contribution < -0.4 is 10.6 Å². The van der Waals surface area contributed by atoms with Crippen LogP contribution in [0.2, 0.25) is 0 Å². The van der Waals surface area contributed by atoms with E-state index in [1.54, 1.807) is 12.1 Å². The normalized spacial score (nSPS) is 15.5. The van der Waals surface area contributed by atoms with Crippen LogP contribution in [0.15, 0.2) is 47.4 Å². The van der Waals surface area contributed by atoms with E-state index in [-0.39, 0.29) is 29.7 Å². The molecule has 2 aromatic carbocycles. The molecule has 0 aromatic heterocycles. The highest BCUT2D eigenvalue weighted by atomic mass is 35.5. The van der Waals surface area contributed by atoms with Gasteiger partial charge in [0, 0.05) is 23.5 Å². The number of rotatable bonds is 5. The van der Waals surface area contributed by atoms with Crippen molar-refractivity contribution in [2.75, 3.05) is 19.3 Å². The Hall–Kier alpha value is -2.09. The van der Waals surface area contributed by atoms with Crippen LogP contribution in [0.1, 0.15) is 27.5 Å². The Balaban J connectivity index is 0.00000243. The predicted octanol–water partition coefficient (Wildman–Crippen LogP) is 3.36. The van der Waals surface area contributed by atoms with Crippen LogP contribution in [-0.2, 0) is 6.42 Å². The summed E-state index contributed by atoms with van der Waals surface area (Å²) in [6.07, 6.45) is 2.83. The number of fused-ring (bicyclic) bond motifs is 1. The SMILES string of the molecule is CSc1ccc([N+](=O)[O-])c(C(=O)NCC2NCCc3ccccc32)c1.Cl. The third-order valence-corrected chi connectivity index (χ3v) is 5.05. The molecule has 6 nitrogen and oxygen atoms in total. The summed E-state index contributed by atoms with van der Waals surface area (Å²) in [4.78, 5) is 24.0. The lowest BCUT2D eigenvalue weighted by molar-refractivity contribution is -0.385. The van der Waals surface area contributed by atoms with Crippen molar-refractivity contribution in [3.8, 4) is 0 Å². The molecule has 138 valence electrons. The predicted molar refractivity (Wildman–Crippen MR) is 105 cm³/mol. The molecule has 1 aliphatic heterocycles. The minimum atomic E-state index is -0.521. The lowest BCUT2D eigenvalue weighted by Gasteiger charge is -2.27. The Morgan fingerprint density at radius 1 is 1.35 bits per heavy atom. The molecule has 26 heavy (non-hydrogen) atoms. The number of hydrogen-bond donors (Lipinski definition) is 2. The number of carbonyl (C=O) groups is 1. The van der Waals surface area contributed by atoms with Crippen molar-refractivity contribution in [2.24, 2.45) is 0 Å². The Morgan fingerprint density at radius 3 is 2.85 bits per heavy atom. The number of halogens is 1. The molecule has 8 heteroatoms. The van der Waals surface area contributed by atoms with E-state index in [9.17, 15) is 14.9 Å². The second-order valence-electron chi connectivity index (χ2n) is 5.81. The van der Waals surface area contributed by atoms with Crippen LogP contribution in [0.5, 0.6) is 0 Å². The number of hydrogen-bond acceptors (Lipinski definition) is 5. The summed E-state index contributed by atoms with van der Waals surface area (Å²) in [5, 5.41) is 17.4. The number of amides is 1. The summed E-state index contributed by atoms with van der Waals surface area (Å²) in [5.41, 5.74) is 2.37. The minimum absolute atomic E-state index is 0. The van der Waals surface area contributed by atoms with E-state index in [1.807, 2.05) is 18.4 Å². The largest absolute Gasteiger partial charge is 0.350 e. The van der Waals surface area contributed by atoms with Gasteiger partial charge in [-0.05, 0) is 42.5 Å². The molecule has 0 aliphatic carbocycles. The van der Waals surface area contributed by atoms with Crippen LogP contribution in [0.25, 0.3) is 0 Å². The average molecular weight is 394 g/mol. The number of carbonyl (C=O) groups excluding carboxylic acids is 1. The molecule has 0 spiro atoms. The molecular formula is C18H20ClN3O3S. The summed E-state index contributed by atoms with van der Waals surface area (Å²) >= 11 is 1.44. The highest BCUT2D eigenvalue weighted by molar-refractivity contribution is 7.98. The van der Waals surface area contributed by atoms with E-state index in [4.69, 9.17) is 0 Å². The van der Waals surface area contributed by atoms with E-state index in [0.29, 0.717) is 6.54 Å². The Labute approximate surface area is 162 Å². The quantitative estimate of drug-likeness (QED) is 0.462. The van der Waals surface area contributed by atoms with Crippen molar-refractivity contribution < 1.29 is 9.72 Å². The fourth-order valence-electron chi connectivity index (χ4n) is 3.05. The van der Waals surface area contributed by atoms with E-state index >= 15 is 0 Å². The topological polar surface area (TPSA) is 84.3 Å². The number of nitro groups is 1. The van der Waals surface area contributed by atoms with Gasteiger partial charge < -0.3 is 10.6 Å². The molecule has 2 N–H and O–H groups in total. The zero-order valence-electron chi connectivity index (χ0n) is 14.2. The number of nitrogens with one attached hydrogen (secondary N) is 2. The van der Waals surface area contributed by atoms with E-state index in [1.165, 1.54) is 29.0 Å². The van der Waals surface area contributed by atoms with Crippen molar-refractivity contribution >= 4 is 35.8 Å². The number of benzene rings is 2. The summed E-state index contributed by atoms with van der Waals surface area (Å²) in [6, 6.07) is 12.8. The maximum Gasteiger partial charge on any atom is 0.282 e. The minimum Gasteiger partial charge on any atom is -0.350 e. The van der Waals surface area contributed by atoms with Crippen molar-refractivity contribution in [2.45, 2.75) is 17.4 Å². The molecule has 0 saturated heterocycles. The second kappa shape index (κ2) is 9.02. The lowest BCUT2D eigenvalue weighted by atomic mass is 9.94. The molecule has 1 amide bonds. The first-order valence-electron chi connectivity index (χ1n) is 8.02. The fraction of sp³-hybridized carbons (Fsp3) is 0.278. The van der Waals surface area contributed by atoms with Crippen LogP contribution in [0.4, 0.5) is 5.69 Å². The van der Waals surface area contributed by atoms with Crippen molar-refractivity contribution in [3.05, 3.63) is 69.3 Å². The monoisotopic (exact) mass is 393 g/mol. The summed E-state index contributed by atoms with van der Waals surface area (Å²) in [7, 11) is 0. The van der Waals surface area contributed by atoms with Gasteiger partial charge in [-0.2, -0.15) is 0 Å². The molecular weight excluding hydrogens is 374 g/mol. The lowest BCUT2D eigenvalue weighted by Crippen LogP contribution is -2.39. The van der Waals surface area contributed by atoms with Gasteiger partial charge in [0.2, 0.25) is 0 Å². The van der Waals surface area contributed by atoms with Gasteiger partial charge in [-0.25, -0.2) is 0 Å². The molecule has 1 atom stereocenters.